The predicted octanol–water partition coefficient (Wildman–Crippen LogP) is 2.15. The first-order valence-corrected chi connectivity index (χ1v) is 8.24. The van der Waals surface area contributed by atoms with Crippen molar-refractivity contribution in [3.8, 4) is 0 Å². The number of nitrogens with zero attached hydrogens (tertiary/aromatic N) is 3. The van der Waals surface area contributed by atoms with Crippen LogP contribution in [0.15, 0.2) is 60.9 Å². The van der Waals surface area contributed by atoms with Gasteiger partial charge in [-0.2, -0.15) is 0 Å². The van der Waals surface area contributed by atoms with E-state index in [0.29, 0.717) is 25.3 Å². The zero-order chi connectivity index (χ0) is 16.5. The molecule has 0 saturated carbocycles. The maximum absolute atomic E-state index is 12.9. The second kappa shape index (κ2) is 6.09. The molecule has 3 aromatic rings. The van der Waals surface area contributed by atoms with Crippen molar-refractivity contribution in [2.75, 3.05) is 19.6 Å². The van der Waals surface area contributed by atoms with Crippen LogP contribution in [0.25, 0.3) is 5.65 Å². The van der Waals surface area contributed by atoms with Crippen LogP contribution in [0.1, 0.15) is 22.0 Å². The largest absolute Gasteiger partial charge is 0.336 e. The van der Waals surface area contributed by atoms with E-state index in [1.165, 1.54) is 5.56 Å². The number of likely N-dealkylation sites (tertiary alicyclic amines) is 1. The van der Waals surface area contributed by atoms with Crippen LogP contribution in [0.2, 0.25) is 0 Å². The lowest BCUT2D eigenvalue weighted by Gasteiger charge is -2.16. The molecule has 5 nitrogen and oxygen atoms in total. The summed E-state index contributed by atoms with van der Waals surface area (Å²) in [6.07, 6.45) is 3.70. The minimum Gasteiger partial charge on any atom is -0.336 e. The summed E-state index contributed by atoms with van der Waals surface area (Å²) < 4.78 is 1.87. The van der Waals surface area contributed by atoms with E-state index < -0.39 is 0 Å². The smallest absolute Gasteiger partial charge is 0.274 e. The maximum Gasteiger partial charge on any atom is 0.274 e. The van der Waals surface area contributed by atoms with Crippen molar-refractivity contribution >= 4 is 11.6 Å². The van der Waals surface area contributed by atoms with Crippen molar-refractivity contribution in [2.45, 2.75) is 5.92 Å². The van der Waals surface area contributed by atoms with Gasteiger partial charge < -0.3 is 15.0 Å². The van der Waals surface area contributed by atoms with E-state index in [1.807, 2.05) is 51.9 Å². The summed E-state index contributed by atoms with van der Waals surface area (Å²) in [5, 5.41) is 0. The lowest BCUT2D eigenvalue weighted by Crippen LogP contribution is -2.30. The molecular formula is C19H20N4O. The first kappa shape index (κ1) is 14.9. The molecule has 1 fully saturated rings. The van der Waals surface area contributed by atoms with E-state index in [-0.39, 0.29) is 17.7 Å². The van der Waals surface area contributed by atoms with Gasteiger partial charge in [0.05, 0.1) is 0 Å². The molecule has 1 saturated heterocycles. The number of rotatable bonds is 3. The molecule has 1 aromatic carbocycles. The number of hydrogen-bond acceptors (Lipinski definition) is 3. The highest BCUT2D eigenvalue weighted by Gasteiger charge is 2.36. The van der Waals surface area contributed by atoms with Crippen molar-refractivity contribution in [3.63, 3.8) is 0 Å². The van der Waals surface area contributed by atoms with Crippen LogP contribution in [0, 0.1) is 5.92 Å². The van der Waals surface area contributed by atoms with Crippen LogP contribution in [0.3, 0.4) is 0 Å². The second-order valence-corrected chi connectivity index (χ2v) is 6.32. The van der Waals surface area contributed by atoms with Crippen molar-refractivity contribution in [1.82, 2.24) is 14.3 Å². The SMILES string of the molecule is NC[C@@H]1CN(C(=O)c2cn3ccccc3n2)C[C@H]1c1ccccc1. The number of hydrogen-bond donors (Lipinski definition) is 1. The van der Waals surface area contributed by atoms with Gasteiger partial charge in [-0.15, -0.1) is 0 Å². The molecule has 2 N–H and O–H groups in total. The summed E-state index contributed by atoms with van der Waals surface area (Å²) in [5.41, 5.74) is 8.49. The van der Waals surface area contributed by atoms with Gasteiger partial charge in [-0.3, -0.25) is 4.79 Å². The molecule has 2 aromatic heterocycles. The standard InChI is InChI=1S/C19H20N4O/c20-10-15-11-23(12-16(15)14-6-2-1-3-7-14)19(24)17-13-22-9-5-4-8-18(22)21-17/h1-9,13,15-16H,10-12,20H2/t15-,16+/m1/s1. The van der Waals surface area contributed by atoms with Crippen LogP contribution in [-0.4, -0.2) is 39.8 Å². The van der Waals surface area contributed by atoms with Crippen LogP contribution < -0.4 is 5.73 Å². The van der Waals surface area contributed by atoms with E-state index in [2.05, 4.69) is 17.1 Å². The van der Waals surface area contributed by atoms with Crippen molar-refractivity contribution < 1.29 is 4.79 Å². The Bertz CT molecular complexity index is 825. The van der Waals surface area contributed by atoms with E-state index in [1.54, 1.807) is 6.20 Å². The van der Waals surface area contributed by atoms with E-state index in [9.17, 15) is 4.79 Å². The third-order valence-corrected chi connectivity index (χ3v) is 4.84. The molecule has 24 heavy (non-hydrogen) atoms. The van der Waals surface area contributed by atoms with Crippen molar-refractivity contribution in [1.29, 1.82) is 0 Å². The van der Waals surface area contributed by atoms with E-state index in [0.717, 1.165) is 5.65 Å². The average Bonchev–Trinajstić information content (AvgIpc) is 3.26. The van der Waals surface area contributed by atoms with Gasteiger partial charge in [0.15, 0.2) is 0 Å². The molecule has 0 bridgehead atoms. The fraction of sp³-hybridized carbons (Fsp3) is 0.263. The van der Waals surface area contributed by atoms with Crippen LogP contribution in [0.5, 0.6) is 0 Å². The van der Waals surface area contributed by atoms with Crippen molar-refractivity contribution in [2.24, 2.45) is 11.7 Å². The summed E-state index contributed by atoms with van der Waals surface area (Å²) in [6, 6.07) is 16.1. The zero-order valence-corrected chi connectivity index (χ0v) is 13.4. The third-order valence-electron chi connectivity index (χ3n) is 4.84. The van der Waals surface area contributed by atoms with Gasteiger partial charge in [-0.05, 0) is 30.2 Å². The Kier molecular flexibility index (Phi) is 3.78. The Labute approximate surface area is 140 Å². The summed E-state index contributed by atoms with van der Waals surface area (Å²) in [6.45, 7) is 1.95. The third kappa shape index (κ3) is 2.57. The summed E-state index contributed by atoms with van der Waals surface area (Å²) in [7, 11) is 0. The zero-order valence-electron chi connectivity index (χ0n) is 13.4. The quantitative estimate of drug-likeness (QED) is 0.804. The molecule has 0 unspecified atom stereocenters. The Morgan fingerprint density at radius 1 is 1.12 bits per heavy atom. The molecule has 1 amide bonds. The Morgan fingerprint density at radius 2 is 1.92 bits per heavy atom. The number of imidazole rings is 1. The fourth-order valence-electron chi connectivity index (χ4n) is 3.55. The normalized spacial score (nSPS) is 20.6. The van der Waals surface area contributed by atoms with Gasteiger partial charge in [-0.25, -0.2) is 4.98 Å². The minimum absolute atomic E-state index is 0.0180. The lowest BCUT2D eigenvalue weighted by atomic mass is 9.89. The number of aromatic nitrogens is 2. The Morgan fingerprint density at radius 3 is 2.67 bits per heavy atom. The summed E-state index contributed by atoms with van der Waals surface area (Å²) >= 11 is 0. The maximum atomic E-state index is 12.9. The van der Waals surface area contributed by atoms with Gasteiger partial charge >= 0.3 is 0 Å². The average molecular weight is 320 g/mol. The molecular weight excluding hydrogens is 300 g/mol. The molecule has 2 atom stereocenters. The molecule has 4 rings (SSSR count). The van der Waals surface area contributed by atoms with Gasteiger partial charge in [0.1, 0.15) is 11.3 Å². The fourth-order valence-corrected chi connectivity index (χ4v) is 3.55. The molecule has 3 heterocycles. The van der Waals surface area contributed by atoms with Crippen LogP contribution in [-0.2, 0) is 0 Å². The number of carbonyl (C=O) groups is 1. The topological polar surface area (TPSA) is 63.6 Å². The van der Waals surface area contributed by atoms with Gasteiger partial charge in [-0.1, -0.05) is 36.4 Å². The number of nitrogens with two attached hydrogens (primary N) is 1. The van der Waals surface area contributed by atoms with Gasteiger partial charge in [0, 0.05) is 31.4 Å². The second-order valence-electron chi connectivity index (χ2n) is 6.32. The Hall–Kier alpha value is -2.66. The highest BCUT2D eigenvalue weighted by molar-refractivity contribution is 5.93. The predicted molar refractivity (Wildman–Crippen MR) is 92.8 cm³/mol. The highest BCUT2D eigenvalue weighted by atomic mass is 16.2. The molecule has 1 aliphatic rings. The first-order valence-electron chi connectivity index (χ1n) is 8.24. The number of fused-ring (bicyclic) bond motifs is 1. The van der Waals surface area contributed by atoms with Crippen LogP contribution in [0.4, 0.5) is 0 Å². The van der Waals surface area contributed by atoms with Crippen LogP contribution >= 0.6 is 0 Å². The number of pyridine rings is 1. The summed E-state index contributed by atoms with van der Waals surface area (Å²) in [4.78, 5) is 19.2. The molecule has 0 spiro atoms. The van der Waals surface area contributed by atoms with E-state index >= 15 is 0 Å². The number of amides is 1. The molecule has 0 aliphatic carbocycles. The minimum atomic E-state index is -0.0180. The molecule has 122 valence electrons. The summed E-state index contributed by atoms with van der Waals surface area (Å²) in [5.74, 6) is 0.557. The van der Waals surface area contributed by atoms with E-state index in [4.69, 9.17) is 5.73 Å². The monoisotopic (exact) mass is 320 g/mol. The number of benzene rings is 1. The van der Waals surface area contributed by atoms with Crippen molar-refractivity contribution in [3.05, 3.63) is 72.2 Å². The highest BCUT2D eigenvalue weighted by Crippen LogP contribution is 2.32. The Balaban J connectivity index is 1.59. The molecule has 5 heteroatoms. The molecule has 0 radical (unpaired) electrons. The van der Waals surface area contributed by atoms with Gasteiger partial charge in [0.2, 0.25) is 0 Å². The lowest BCUT2D eigenvalue weighted by molar-refractivity contribution is 0.0781. The molecule has 1 aliphatic heterocycles. The first-order chi connectivity index (χ1) is 11.8. The van der Waals surface area contributed by atoms with Gasteiger partial charge in [0.25, 0.3) is 5.91 Å². The number of carbonyl (C=O) groups excluding carboxylic acids is 1.